The van der Waals surface area contributed by atoms with Crippen LogP contribution in [0.1, 0.15) is 31.2 Å². The van der Waals surface area contributed by atoms with Crippen molar-refractivity contribution in [1.29, 1.82) is 0 Å². The van der Waals surface area contributed by atoms with Crippen LogP contribution in [0.5, 0.6) is 0 Å². The van der Waals surface area contributed by atoms with E-state index in [1.54, 1.807) is 6.20 Å². The minimum Gasteiger partial charge on any atom is -0.393 e. The third kappa shape index (κ3) is 4.58. The van der Waals surface area contributed by atoms with E-state index in [0.29, 0.717) is 6.54 Å². The van der Waals surface area contributed by atoms with Gasteiger partial charge in [-0.05, 0) is 55.9 Å². The van der Waals surface area contributed by atoms with E-state index in [1.165, 1.54) is 5.56 Å². The molecule has 0 spiro atoms. The van der Waals surface area contributed by atoms with Gasteiger partial charge >= 0.3 is 6.03 Å². The van der Waals surface area contributed by atoms with Crippen LogP contribution >= 0.6 is 0 Å². The minimum atomic E-state index is -0.198. The smallest absolute Gasteiger partial charge is 0.315 e. The predicted octanol–water partition coefficient (Wildman–Crippen LogP) is 2.02. The average Bonchev–Trinajstić information content (AvgIpc) is 3.12. The van der Waals surface area contributed by atoms with Gasteiger partial charge < -0.3 is 15.7 Å². The van der Waals surface area contributed by atoms with E-state index in [1.807, 2.05) is 29.1 Å². The maximum atomic E-state index is 11.9. The number of aliphatic hydroxyl groups excluding tert-OH is 1. The first-order valence-electron chi connectivity index (χ1n) is 8.52. The second kappa shape index (κ2) is 7.97. The Balaban J connectivity index is 1.39. The van der Waals surface area contributed by atoms with Crippen LogP contribution in [0, 0.1) is 0 Å². The molecule has 1 heterocycles. The highest BCUT2D eigenvalue weighted by Gasteiger charge is 2.20. The molecular weight excluding hydrogens is 304 g/mol. The number of hydrogen-bond donors (Lipinski definition) is 3. The van der Waals surface area contributed by atoms with Crippen molar-refractivity contribution in [1.82, 2.24) is 20.4 Å². The third-order valence-electron chi connectivity index (χ3n) is 4.44. The lowest BCUT2D eigenvalue weighted by atomic mass is 9.93. The summed E-state index contributed by atoms with van der Waals surface area (Å²) in [6, 6.07) is 10.1. The lowest BCUT2D eigenvalue weighted by molar-refractivity contribution is 0.117. The Morgan fingerprint density at radius 2 is 1.96 bits per heavy atom. The van der Waals surface area contributed by atoms with Crippen molar-refractivity contribution in [3.05, 3.63) is 48.3 Å². The highest BCUT2D eigenvalue weighted by molar-refractivity contribution is 5.74. The first-order chi connectivity index (χ1) is 11.7. The van der Waals surface area contributed by atoms with Gasteiger partial charge in [0.1, 0.15) is 0 Å². The second-order valence-electron chi connectivity index (χ2n) is 6.27. The molecule has 6 heteroatoms. The van der Waals surface area contributed by atoms with Crippen LogP contribution < -0.4 is 10.6 Å². The summed E-state index contributed by atoms with van der Waals surface area (Å²) in [5.41, 5.74) is 2.20. The van der Waals surface area contributed by atoms with Gasteiger partial charge in [0.05, 0.1) is 11.8 Å². The molecule has 1 saturated carbocycles. The van der Waals surface area contributed by atoms with Crippen molar-refractivity contribution < 1.29 is 9.90 Å². The number of nitrogens with one attached hydrogen (secondary N) is 2. The van der Waals surface area contributed by atoms with Crippen LogP contribution in [0.15, 0.2) is 42.7 Å². The largest absolute Gasteiger partial charge is 0.393 e. The van der Waals surface area contributed by atoms with Crippen molar-refractivity contribution in [2.45, 2.75) is 44.2 Å². The molecule has 1 aromatic carbocycles. The summed E-state index contributed by atoms with van der Waals surface area (Å²) >= 11 is 0. The predicted molar refractivity (Wildman–Crippen MR) is 92.1 cm³/mol. The fraction of sp³-hybridized carbons (Fsp3) is 0.444. The molecule has 2 amide bonds. The van der Waals surface area contributed by atoms with Gasteiger partial charge in [-0.1, -0.05) is 12.1 Å². The van der Waals surface area contributed by atoms with Gasteiger partial charge in [0.2, 0.25) is 0 Å². The lowest BCUT2D eigenvalue weighted by Gasteiger charge is -2.26. The highest BCUT2D eigenvalue weighted by Crippen LogP contribution is 2.18. The van der Waals surface area contributed by atoms with Crippen molar-refractivity contribution in [2.24, 2.45) is 0 Å². The van der Waals surface area contributed by atoms with Crippen LogP contribution in [0.25, 0.3) is 5.69 Å². The number of aliphatic hydroxyl groups is 1. The average molecular weight is 328 g/mol. The Morgan fingerprint density at radius 1 is 1.21 bits per heavy atom. The van der Waals surface area contributed by atoms with Gasteiger partial charge in [0.15, 0.2) is 0 Å². The zero-order valence-corrected chi connectivity index (χ0v) is 13.7. The fourth-order valence-corrected chi connectivity index (χ4v) is 3.01. The molecule has 3 N–H and O–H groups in total. The molecule has 0 bridgehead atoms. The molecule has 24 heavy (non-hydrogen) atoms. The highest BCUT2D eigenvalue weighted by atomic mass is 16.3. The van der Waals surface area contributed by atoms with Crippen LogP contribution in [0.4, 0.5) is 4.79 Å². The number of rotatable bonds is 5. The van der Waals surface area contributed by atoms with Crippen molar-refractivity contribution in [3.63, 3.8) is 0 Å². The van der Waals surface area contributed by atoms with Gasteiger partial charge in [-0.2, -0.15) is 5.10 Å². The Bertz CT molecular complexity index is 632. The lowest BCUT2D eigenvalue weighted by Crippen LogP contribution is -2.44. The molecule has 6 nitrogen and oxygen atoms in total. The van der Waals surface area contributed by atoms with E-state index in [0.717, 1.165) is 37.8 Å². The number of carbonyl (C=O) groups excluding carboxylic acids is 1. The molecule has 1 aliphatic carbocycles. The molecule has 0 aliphatic heterocycles. The van der Waals surface area contributed by atoms with Gasteiger partial charge in [-0.15, -0.1) is 0 Å². The number of amides is 2. The minimum absolute atomic E-state index is 0.121. The Hall–Kier alpha value is -2.34. The molecule has 0 unspecified atom stereocenters. The molecule has 1 fully saturated rings. The molecule has 0 saturated heterocycles. The SMILES string of the molecule is O=C(NCCc1ccc(-n2cccn2)cc1)NC1CCC(O)CC1. The monoisotopic (exact) mass is 328 g/mol. The molecule has 0 radical (unpaired) electrons. The number of carbonyl (C=O) groups is 1. The fourth-order valence-electron chi connectivity index (χ4n) is 3.01. The first kappa shape index (κ1) is 16.5. The standard InChI is InChI=1S/C18H24N4O2/c23-17-8-4-15(5-9-17)21-18(24)19-12-10-14-2-6-16(7-3-14)22-13-1-11-20-22/h1-3,6-7,11,13,15,17,23H,4-5,8-10,12H2,(H2,19,21,24). The van der Waals surface area contributed by atoms with Gasteiger partial charge in [0.25, 0.3) is 0 Å². The zero-order chi connectivity index (χ0) is 16.8. The van der Waals surface area contributed by atoms with Gasteiger partial charge in [-0.3, -0.25) is 0 Å². The Morgan fingerprint density at radius 3 is 2.62 bits per heavy atom. The summed E-state index contributed by atoms with van der Waals surface area (Å²) in [5, 5.41) is 19.6. The summed E-state index contributed by atoms with van der Waals surface area (Å²) in [6.45, 7) is 0.599. The van der Waals surface area contributed by atoms with Crippen molar-refractivity contribution in [2.75, 3.05) is 6.54 Å². The van der Waals surface area contributed by atoms with Crippen LogP contribution in [-0.4, -0.2) is 39.6 Å². The molecule has 0 atom stereocenters. The molecule has 1 aromatic heterocycles. The van der Waals surface area contributed by atoms with Gasteiger partial charge in [-0.25, -0.2) is 9.48 Å². The zero-order valence-electron chi connectivity index (χ0n) is 13.7. The van der Waals surface area contributed by atoms with E-state index in [4.69, 9.17) is 0 Å². The third-order valence-corrected chi connectivity index (χ3v) is 4.44. The van der Waals surface area contributed by atoms with Gasteiger partial charge in [0, 0.05) is 25.0 Å². The Labute approximate surface area is 141 Å². The van der Waals surface area contributed by atoms with E-state index in [9.17, 15) is 9.90 Å². The normalized spacial score (nSPS) is 20.5. The van der Waals surface area contributed by atoms with Crippen LogP contribution in [0.2, 0.25) is 0 Å². The first-order valence-corrected chi connectivity index (χ1v) is 8.52. The summed E-state index contributed by atoms with van der Waals surface area (Å²) in [5.74, 6) is 0. The summed E-state index contributed by atoms with van der Waals surface area (Å²) in [4.78, 5) is 11.9. The topological polar surface area (TPSA) is 79.2 Å². The number of urea groups is 1. The quantitative estimate of drug-likeness (QED) is 0.785. The van der Waals surface area contributed by atoms with Crippen LogP contribution in [0.3, 0.4) is 0 Å². The number of nitrogens with zero attached hydrogens (tertiary/aromatic N) is 2. The molecule has 3 rings (SSSR count). The molecule has 128 valence electrons. The maximum absolute atomic E-state index is 11.9. The van der Waals surface area contributed by atoms with Crippen LogP contribution in [-0.2, 0) is 6.42 Å². The van der Waals surface area contributed by atoms with E-state index in [2.05, 4.69) is 27.9 Å². The molecule has 1 aliphatic rings. The van der Waals surface area contributed by atoms with Crippen molar-refractivity contribution in [3.8, 4) is 5.69 Å². The van der Waals surface area contributed by atoms with E-state index < -0.39 is 0 Å². The summed E-state index contributed by atoms with van der Waals surface area (Å²) in [7, 11) is 0. The molecule has 2 aromatic rings. The summed E-state index contributed by atoms with van der Waals surface area (Å²) < 4.78 is 1.82. The number of hydrogen-bond acceptors (Lipinski definition) is 3. The number of benzene rings is 1. The number of aromatic nitrogens is 2. The Kier molecular flexibility index (Phi) is 5.48. The van der Waals surface area contributed by atoms with Crippen molar-refractivity contribution >= 4 is 6.03 Å². The summed E-state index contributed by atoms with van der Waals surface area (Å²) in [6.07, 6.45) is 7.50. The molecular formula is C18H24N4O2. The maximum Gasteiger partial charge on any atom is 0.315 e. The van der Waals surface area contributed by atoms with E-state index >= 15 is 0 Å². The van der Waals surface area contributed by atoms with E-state index in [-0.39, 0.29) is 18.2 Å². The second-order valence-corrected chi connectivity index (χ2v) is 6.27.